The Morgan fingerprint density at radius 1 is 1.17 bits per heavy atom. The molecule has 0 saturated heterocycles. The van der Waals surface area contributed by atoms with Gasteiger partial charge in [0.05, 0.1) is 13.2 Å². The van der Waals surface area contributed by atoms with Gasteiger partial charge < -0.3 is 9.05 Å². The molecule has 0 fully saturated rings. The summed E-state index contributed by atoms with van der Waals surface area (Å²) in [5.41, 5.74) is -0.571. The van der Waals surface area contributed by atoms with Crippen molar-refractivity contribution in [1.29, 1.82) is 0 Å². The molecule has 0 amide bonds. The van der Waals surface area contributed by atoms with Gasteiger partial charge in [-0.05, 0) is 48.9 Å². The molecule has 2 heterocycles. The van der Waals surface area contributed by atoms with E-state index in [1.807, 2.05) is 35.0 Å². The SMILES string of the molecule is CCOP(=O)(OCC)C(CC(=O)/C=C/c1cccs1)c1cccs1. The van der Waals surface area contributed by atoms with Crippen molar-refractivity contribution >= 4 is 42.1 Å². The van der Waals surface area contributed by atoms with Crippen molar-refractivity contribution in [2.45, 2.75) is 25.9 Å². The van der Waals surface area contributed by atoms with Gasteiger partial charge in [-0.3, -0.25) is 9.36 Å². The lowest BCUT2D eigenvalue weighted by atomic mass is 10.2. The normalized spacial score (nSPS) is 13.4. The summed E-state index contributed by atoms with van der Waals surface area (Å²) in [6.07, 6.45) is 3.42. The van der Waals surface area contributed by atoms with Crippen molar-refractivity contribution in [3.8, 4) is 0 Å². The number of carbonyl (C=O) groups is 1. The molecule has 2 rings (SSSR count). The molecule has 0 aliphatic rings. The Morgan fingerprint density at radius 2 is 1.83 bits per heavy atom. The Hall–Kier alpha value is -1.04. The molecule has 0 bridgehead atoms. The number of hydrogen-bond acceptors (Lipinski definition) is 6. The molecule has 0 radical (unpaired) electrons. The summed E-state index contributed by atoms with van der Waals surface area (Å²) >= 11 is 3.02. The monoisotopic (exact) mass is 384 g/mol. The molecular formula is C17H21O4PS2. The molecule has 0 saturated carbocycles. The molecule has 24 heavy (non-hydrogen) atoms. The number of allylic oxidation sites excluding steroid dienone is 1. The minimum absolute atomic E-state index is 0.0959. The van der Waals surface area contributed by atoms with Gasteiger partial charge in [0.2, 0.25) is 0 Å². The van der Waals surface area contributed by atoms with Gasteiger partial charge in [0, 0.05) is 16.2 Å². The second-order valence-corrected chi connectivity index (χ2v) is 9.10. The third-order valence-electron chi connectivity index (χ3n) is 3.24. The maximum absolute atomic E-state index is 13.2. The van der Waals surface area contributed by atoms with E-state index in [0.29, 0.717) is 0 Å². The van der Waals surface area contributed by atoms with Crippen LogP contribution in [0.2, 0.25) is 0 Å². The van der Waals surface area contributed by atoms with Crippen LogP contribution < -0.4 is 0 Å². The second-order valence-electron chi connectivity index (χ2n) is 4.93. The highest BCUT2D eigenvalue weighted by Gasteiger charge is 2.38. The topological polar surface area (TPSA) is 52.6 Å². The summed E-state index contributed by atoms with van der Waals surface area (Å²) in [6.45, 7) is 4.10. The first kappa shape index (κ1) is 19.3. The highest BCUT2D eigenvalue weighted by molar-refractivity contribution is 7.54. The highest BCUT2D eigenvalue weighted by Crippen LogP contribution is 2.63. The van der Waals surface area contributed by atoms with Crippen LogP contribution in [-0.4, -0.2) is 19.0 Å². The lowest BCUT2D eigenvalue weighted by Gasteiger charge is -2.24. The van der Waals surface area contributed by atoms with E-state index in [4.69, 9.17) is 9.05 Å². The quantitative estimate of drug-likeness (QED) is 0.384. The Kier molecular flexibility index (Phi) is 7.59. The standard InChI is InChI=1S/C17H21O4PS2/c1-3-20-22(19,21-4-2)16(17-8-6-12-24-17)13-14(18)9-10-15-7-5-11-23-15/h5-12,16H,3-4,13H2,1-2H3/b10-9+. The average molecular weight is 384 g/mol. The Bertz CT molecular complexity index is 682. The summed E-state index contributed by atoms with van der Waals surface area (Å²) in [7, 11) is -3.40. The first-order chi connectivity index (χ1) is 11.6. The molecule has 2 aromatic rings. The lowest BCUT2D eigenvalue weighted by Crippen LogP contribution is -2.09. The third-order valence-corrected chi connectivity index (χ3v) is 7.70. The predicted octanol–water partition coefficient (Wildman–Crippen LogP) is 5.79. The molecule has 2 aromatic heterocycles. The smallest absolute Gasteiger partial charge is 0.308 e. The summed E-state index contributed by atoms with van der Waals surface area (Å²) in [6, 6.07) is 7.62. The number of thiophene rings is 2. The maximum Gasteiger partial charge on any atom is 0.339 e. The van der Waals surface area contributed by atoms with E-state index in [0.717, 1.165) is 9.75 Å². The van der Waals surface area contributed by atoms with Gasteiger partial charge in [-0.25, -0.2) is 0 Å². The highest BCUT2D eigenvalue weighted by atomic mass is 32.1. The molecule has 0 aliphatic heterocycles. The second kappa shape index (κ2) is 9.44. The maximum atomic E-state index is 13.2. The third kappa shape index (κ3) is 5.23. The molecule has 1 unspecified atom stereocenters. The molecule has 0 N–H and O–H groups in total. The molecule has 7 heteroatoms. The summed E-state index contributed by atoms with van der Waals surface area (Å²) in [5, 5.41) is 3.85. The largest absolute Gasteiger partial charge is 0.339 e. The molecule has 130 valence electrons. The number of hydrogen-bond donors (Lipinski definition) is 0. The molecule has 0 aliphatic carbocycles. The lowest BCUT2D eigenvalue weighted by molar-refractivity contribution is -0.114. The van der Waals surface area contributed by atoms with Crippen molar-refractivity contribution in [3.63, 3.8) is 0 Å². The molecule has 4 nitrogen and oxygen atoms in total. The fraction of sp³-hybridized carbons (Fsp3) is 0.353. The van der Waals surface area contributed by atoms with Gasteiger partial charge in [-0.1, -0.05) is 12.1 Å². The van der Waals surface area contributed by atoms with Gasteiger partial charge in [0.15, 0.2) is 5.78 Å². The van der Waals surface area contributed by atoms with E-state index in [1.165, 1.54) is 17.4 Å². The zero-order valence-electron chi connectivity index (χ0n) is 13.7. The van der Waals surface area contributed by atoms with Crippen LogP contribution in [0.4, 0.5) is 0 Å². The summed E-state index contributed by atoms with van der Waals surface area (Å²) in [5.74, 6) is -0.0959. The Balaban J connectivity index is 2.20. The predicted molar refractivity (Wildman–Crippen MR) is 101 cm³/mol. The van der Waals surface area contributed by atoms with Crippen LogP contribution in [0.25, 0.3) is 6.08 Å². The van der Waals surface area contributed by atoms with E-state index in [-0.39, 0.29) is 25.4 Å². The molecule has 1 atom stereocenters. The number of carbonyl (C=O) groups excluding carboxylic acids is 1. The summed E-state index contributed by atoms with van der Waals surface area (Å²) in [4.78, 5) is 14.2. The first-order valence-electron chi connectivity index (χ1n) is 7.75. The van der Waals surface area contributed by atoms with Gasteiger partial charge >= 0.3 is 7.60 Å². The van der Waals surface area contributed by atoms with E-state index < -0.39 is 13.3 Å². The zero-order valence-corrected chi connectivity index (χ0v) is 16.2. The van der Waals surface area contributed by atoms with Crippen LogP contribution in [0, 0.1) is 0 Å². The van der Waals surface area contributed by atoms with E-state index in [1.54, 1.807) is 31.3 Å². The molecular weight excluding hydrogens is 363 g/mol. The van der Waals surface area contributed by atoms with Crippen molar-refractivity contribution < 1.29 is 18.4 Å². The van der Waals surface area contributed by atoms with E-state index in [9.17, 15) is 9.36 Å². The van der Waals surface area contributed by atoms with Crippen LogP contribution in [-0.2, 0) is 18.4 Å². The van der Waals surface area contributed by atoms with Gasteiger partial charge in [0.1, 0.15) is 5.66 Å². The minimum atomic E-state index is -3.40. The van der Waals surface area contributed by atoms with Crippen LogP contribution in [0.15, 0.2) is 41.1 Å². The van der Waals surface area contributed by atoms with E-state index in [2.05, 4.69) is 0 Å². The van der Waals surface area contributed by atoms with Crippen molar-refractivity contribution in [2.24, 2.45) is 0 Å². The van der Waals surface area contributed by atoms with Crippen molar-refractivity contribution in [1.82, 2.24) is 0 Å². The molecule has 0 aromatic carbocycles. The van der Waals surface area contributed by atoms with Crippen molar-refractivity contribution in [2.75, 3.05) is 13.2 Å². The van der Waals surface area contributed by atoms with Gasteiger partial charge in [-0.2, -0.15) is 0 Å². The van der Waals surface area contributed by atoms with Gasteiger partial charge in [-0.15, -0.1) is 22.7 Å². The zero-order chi connectivity index (χ0) is 17.4. The van der Waals surface area contributed by atoms with Crippen molar-refractivity contribution in [3.05, 3.63) is 50.9 Å². The fourth-order valence-electron chi connectivity index (χ4n) is 2.25. The molecule has 0 spiro atoms. The Labute approximate surface area is 150 Å². The first-order valence-corrected chi connectivity index (χ1v) is 11.1. The van der Waals surface area contributed by atoms with Crippen LogP contribution >= 0.6 is 30.3 Å². The summed E-state index contributed by atoms with van der Waals surface area (Å²) < 4.78 is 24.1. The van der Waals surface area contributed by atoms with Crippen LogP contribution in [0.1, 0.15) is 35.7 Å². The fourth-order valence-corrected chi connectivity index (χ4v) is 6.10. The van der Waals surface area contributed by atoms with Crippen LogP contribution in [0.3, 0.4) is 0 Å². The number of ketones is 1. The Morgan fingerprint density at radius 3 is 2.38 bits per heavy atom. The number of rotatable bonds is 10. The van der Waals surface area contributed by atoms with E-state index >= 15 is 0 Å². The van der Waals surface area contributed by atoms with Gasteiger partial charge in [0.25, 0.3) is 0 Å². The average Bonchev–Trinajstić information content (AvgIpc) is 3.24. The van der Waals surface area contributed by atoms with Crippen LogP contribution in [0.5, 0.6) is 0 Å². The minimum Gasteiger partial charge on any atom is -0.308 e.